The number of para-hydroxylation sites is 3. The van der Waals surface area contributed by atoms with Crippen LogP contribution in [0.2, 0.25) is 0 Å². The van der Waals surface area contributed by atoms with Gasteiger partial charge < -0.3 is 8.98 Å². The molecule has 0 spiro atoms. The standard InChI is InChI=1S/C54H32N4O/c1-2-12-33(13-3-1)34-22-26-37(27-23-34)57-44-20-10-7-18-42(44)51-45(57)30-31-47-52(51)50-38-15-5-4-14-35(38)25-29-46(50)58(47)54-55-43-19-9-6-17-41(43)53(56-54)36-24-28-40-39-16-8-11-21-48(39)59-49(40)32-36/h1-32H. The van der Waals surface area contributed by atoms with Gasteiger partial charge in [-0.1, -0.05) is 133 Å². The Morgan fingerprint density at radius 2 is 0.966 bits per heavy atom. The van der Waals surface area contributed by atoms with Crippen LogP contribution in [0.5, 0.6) is 0 Å². The smallest absolute Gasteiger partial charge is 0.235 e. The monoisotopic (exact) mass is 752 g/mol. The van der Waals surface area contributed by atoms with Gasteiger partial charge in [0, 0.05) is 49.0 Å². The molecular weight excluding hydrogens is 721 g/mol. The third-order valence-corrected chi connectivity index (χ3v) is 12.1. The van der Waals surface area contributed by atoms with Crippen LogP contribution >= 0.6 is 0 Å². The average molecular weight is 753 g/mol. The van der Waals surface area contributed by atoms with Crippen molar-refractivity contribution in [3.63, 3.8) is 0 Å². The van der Waals surface area contributed by atoms with Crippen molar-refractivity contribution in [1.82, 2.24) is 19.1 Å². The third-order valence-electron chi connectivity index (χ3n) is 12.1. The molecule has 0 saturated heterocycles. The lowest BCUT2D eigenvalue weighted by molar-refractivity contribution is 0.669. The summed E-state index contributed by atoms with van der Waals surface area (Å²) < 4.78 is 11.1. The second-order valence-corrected chi connectivity index (χ2v) is 15.3. The van der Waals surface area contributed by atoms with E-state index in [2.05, 4.69) is 191 Å². The molecule has 0 unspecified atom stereocenters. The first-order valence-electron chi connectivity index (χ1n) is 20.0. The maximum atomic E-state index is 6.37. The van der Waals surface area contributed by atoms with Crippen molar-refractivity contribution < 1.29 is 4.42 Å². The SMILES string of the molecule is c1ccc(-c2ccc(-n3c4ccccc4c4c5c6c7ccccc7ccc6n(-c6nc(-c7ccc8c(c7)oc7ccccc78)c7ccccc7n6)c5ccc43)cc2)cc1. The second-order valence-electron chi connectivity index (χ2n) is 15.3. The van der Waals surface area contributed by atoms with Gasteiger partial charge in [-0.05, 0) is 82.6 Å². The maximum Gasteiger partial charge on any atom is 0.235 e. The third kappa shape index (κ3) is 4.67. The lowest BCUT2D eigenvalue weighted by Gasteiger charge is -2.12. The Morgan fingerprint density at radius 3 is 1.83 bits per heavy atom. The van der Waals surface area contributed by atoms with E-state index in [9.17, 15) is 0 Å². The van der Waals surface area contributed by atoms with Gasteiger partial charge in [-0.15, -0.1) is 0 Å². The molecular formula is C54H32N4O. The van der Waals surface area contributed by atoms with Crippen molar-refractivity contribution >= 4 is 87.2 Å². The van der Waals surface area contributed by atoms with Gasteiger partial charge in [0.1, 0.15) is 11.2 Å². The highest BCUT2D eigenvalue weighted by Crippen LogP contribution is 2.45. The minimum Gasteiger partial charge on any atom is -0.456 e. The van der Waals surface area contributed by atoms with Crippen molar-refractivity contribution in [3.8, 4) is 34.0 Å². The summed E-state index contributed by atoms with van der Waals surface area (Å²) in [5, 5.41) is 10.4. The molecule has 59 heavy (non-hydrogen) atoms. The molecule has 274 valence electrons. The highest BCUT2D eigenvalue weighted by atomic mass is 16.3. The Bertz CT molecular complexity index is 3830. The number of aromatic nitrogens is 4. The fourth-order valence-corrected chi connectivity index (χ4v) is 9.51. The molecule has 0 saturated carbocycles. The summed E-state index contributed by atoms with van der Waals surface area (Å²) in [5.41, 5.74) is 12.4. The summed E-state index contributed by atoms with van der Waals surface area (Å²) in [4.78, 5) is 10.8. The Labute approximate surface area is 337 Å². The van der Waals surface area contributed by atoms with Gasteiger partial charge >= 0.3 is 0 Å². The molecule has 0 atom stereocenters. The Balaban J connectivity index is 1.11. The molecule has 0 aliphatic rings. The van der Waals surface area contributed by atoms with Crippen molar-refractivity contribution in [3.05, 3.63) is 194 Å². The lowest BCUT2D eigenvalue weighted by atomic mass is 10.0. The summed E-state index contributed by atoms with van der Waals surface area (Å²) in [6.07, 6.45) is 0. The first-order valence-corrected chi connectivity index (χ1v) is 20.0. The van der Waals surface area contributed by atoms with Crippen LogP contribution < -0.4 is 0 Å². The van der Waals surface area contributed by atoms with Gasteiger partial charge in [-0.25, -0.2) is 9.97 Å². The van der Waals surface area contributed by atoms with E-state index in [1.165, 1.54) is 43.4 Å². The van der Waals surface area contributed by atoms with E-state index in [0.29, 0.717) is 5.95 Å². The van der Waals surface area contributed by atoms with Crippen molar-refractivity contribution in [1.29, 1.82) is 0 Å². The number of furan rings is 1. The second kappa shape index (κ2) is 12.2. The molecule has 0 fully saturated rings. The number of rotatable bonds is 4. The van der Waals surface area contributed by atoms with Crippen LogP contribution in [0.4, 0.5) is 0 Å². The predicted octanol–water partition coefficient (Wildman–Crippen LogP) is 14.2. The van der Waals surface area contributed by atoms with Crippen LogP contribution in [0, 0.1) is 0 Å². The Kier molecular flexibility index (Phi) is 6.66. The number of hydrogen-bond acceptors (Lipinski definition) is 3. The van der Waals surface area contributed by atoms with Gasteiger partial charge in [0.2, 0.25) is 5.95 Å². The normalized spacial score (nSPS) is 12.1. The first-order chi connectivity index (χ1) is 29.3. The van der Waals surface area contributed by atoms with E-state index in [0.717, 1.165) is 71.9 Å². The zero-order valence-electron chi connectivity index (χ0n) is 31.7. The van der Waals surface area contributed by atoms with Gasteiger partial charge in [-0.3, -0.25) is 4.57 Å². The molecule has 0 bridgehead atoms. The van der Waals surface area contributed by atoms with Crippen LogP contribution in [0.15, 0.2) is 199 Å². The molecule has 5 nitrogen and oxygen atoms in total. The minimum atomic E-state index is 0.623. The van der Waals surface area contributed by atoms with Crippen molar-refractivity contribution in [2.45, 2.75) is 0 Å². The Morgan fingerprint density at radius 1 is 0.356 bits per heavy atom. The zero-order chi connectivity index (χ0) is 38.6. The zero-order valence-corrected chi connectivity index (χ0v) is 31.7. The van der Waals surface area contributed by atoms with Crippen molar-refractivity contribution in [2.75, 3.05) is 0 Å². The molecule has 0 N–H and O–H groups in total. The number of hydrogen-bond donors (Lipinski definition) is 0. The summed E-state index contributed by atoms with van der Waals surface area (Å²) in [5.74, 6) is 0.623. The van der Waals surface area contributed by atoms with Crippen LogP contribution in [-0.4, -0.2) is 19.1 Å². The number of nitrogens with zero attached hydrogens (tertiary/aromatic N) is 4. The number of benzene rings is 9. The summed E-state index contributed by atoms with van der Waals surface area (Å²) in [6.45, 7) is 0. The van der Waals surface area contributed by atoms with E-state index < -0.39 is 0 Å². The van der Waals surface area contributed by atoms with Gasteiger partial charge in [0.15, 0.2) is 0 Å². The van der Waals surface area contributed by atoms with E-state index in [4.69, 9.17) is 14.4 Å². The summed E-state index contributed by atoms with van der Waals surface area (Å²) >= 11 is 0. The molecule has 0 radical (unpaired) electrons. The summed E-state index contributed by atoms with van der Waals surface area (Å²) in [7, 11) is 0. The summed E-state index contributed by atoms with van der Waals surface area (Å²) in [6, 6.07) is 68.9. The van der Waals surface area contributed by atoms with E-state index in [1.807, 2.05) is 12.1 Å². The molecule has 4 aromatic heterocycles. The topological polar surface area (TPSA) is 48.8 Å². The van der Waals surface area contributed by atoms with Gasteiger partial charge in [0.05, 0.1) is 33.3 Å². The largest absolute Gasteiger partial charge is 0.456 e. The maximum absolute atomic E-state index is 6.37. The highest BCUT2D eigenvalue weighted by molar-refractivity contribution is 6.33. The predicted molar refractivity (Wildman–Crippen MR) is 244 cm³/mol. The molecule has 13 rings (SSSR count). The Hall–Kier alpha value is -8.02. The fourth-order valence-electron chi connectivity index (χ4n) is 9.51. The van der Waals surface area contributed by atoms with Gasteiger partial charge in [-0.2, -0.15) is 0 Å². The van der Waals surface area contributed by atoms with Gasteiger partial charge in [0.25, 0.3) is 0 Å². The van der Waals surface area contributed by atoms with Crippen LogP contribution in [-0.2, 0) is 0 Å². The van der Waals surface area contributed by atoms with E-state index >= 15 is 0 Å². The average Bonchev–Trinajstić information content (AvgIpc) is 3.96. The van der Waals surface area contributed by atoms with Crippen molar-refractivity contribution in [2.24, 2.45) is 0 Å². The fraction of sp³-hybridized carbons (Fsp3) is 0. The molecule has 4 heterocycles. The molecule has 13 aromatic rings. The molecule has 9 aromatic carbocycles. The highest BCUT2D eigenvalue weighted by Gasteiger charge is 2.24. The lowest BCUT2D eigenvalue weighted by Crippen LogP contribution is -2.03. The van der Waals surface area contributed by atoms with Crippen LogP contribution in [0.25, 0.3) is 121 Å². The van der Waals surface area contributed by atoms with Crippen LogP contribution in [0.3, 0.4) is 0 Å². The van der Waals surface area contributed by atoms with E-state index in [1.54, 1.807) is 0 Å². The molecule has 5 heteroatoms. The molecule has 0 aliphatic heterocycles. The molecule has 0 aliphatic carbocycles. The first kappa shape index (κ1) is 32.1. The quantitative estimate of drug-likeness (QED) is 0.180. The number of fused-ring (bicyclic) bond motifs is 13. The molecule has 0 amide bonds. The van der Waals surface area contributed by atoms with Crippen LogP contribution in [0.1, 0.15) is 0 Å². The minimum absolute atomic E-state index is 0.623. The van der Waals surface area contributed by atoms with E-state index in [-0.39, 0.29) is 0 Å².